The maximum absolute atomic E-state index is 5.75. The fourth-order valence-electron chi connectivity index (χ4n) is 1.44. The lowest BCUT2D eigenvalue weighted by Gasteiger charge is -2.26. The molecule has 0 amide bonds. The maximum atomic E-state index is 5.75. The Morgan fingerprint density at radius 2 is 2.18 bits per heavy atom. The number of nitrogens with one attached hydrogen (secondary N) is 1. The van der Waals surface area contributed by atoms with Gasteiger partial charge in [0.1, 0.15) is 6.61 Å². The van der Waals surface area contributed by atoms with E-state index in [1.54, 1.807) is 0 Å². The fraction of sp³-hybridized carbons (Fsp3) is 0.273. The smallest absolute Gasteiger partial charge is 0.184 e. The molecule has 0 spiro atoms. The molecule has 0 saturated heterocycles. The first-order valence-corrected chi connectivity index (χ1v) is 5.56. The van der Waals surface area contributed by atoms with Crippen LogP contribution in [0.4, 0.5) is 0 Å². The molecular weight excluding hydrogens is 238 g/mol. The number of rotatable bonds is 2. The van der Waals surface area contributed by atoms with Gasteiger partial charge in [0.25, 0.3) is 0 Å². The number of para-hydroxylation sites is 2. The second kappa shape index (κ2) is 5.01. The lowest BCUT2D eigenvalue weighted by Crippen LogP contribution is -2.37. The van der Waals surface area contributed by atoms with Gasteiger partial charge in [-0.2, -0.15) is 5.10 Å². The van der Waals surface area contributed by atoms with E-state index < -0.39 is 0 Å². The van der Waals surface area contributed by atoms with Gasteiger partial charge in [0.15, 0.2) is 22.7 Å². The molecule has 5 nitrogen and oxygen atoms in total. The number of ether oxygens (including phenoxy) is 2. The summed E-state index contributed by atoms with van der Waals surface area (Å²) >= 11 is 4.67. The Morgan fingerprint density at radius 1 is 1.47 bits per heavy atom. The van der Waals surface area contributed by atoms with Crippen LogP contribution >= 0.6 is 12.2 Å². The standard InChI is InChI=1S/C11H13N3O2S/c1-7(13-14-11(12)17)10-6-15-8-4-2-3-5-9(8)16-10/h2-5,10H,6H2,1H3,(H3,12,14,17). The Kier molecular flexibility index (Phi) is 3.43. The highest BCUT2D eigenvalue weighted by Crippen LogP contribution is 2.30. The van der Waals surface area contributed by atoms with Gasteiger partial charge in [-0.25, -0.2) is 0 Å². The molecule has 0 bridgehead atoms. The van der Waals surface area contributed by atoms with E-state index in [9.17, 15) is 0 Å². The summed E-state index contributed by atoms with van der Waals surface area (Å²) in [5.41, 5.74) is 8.55. The van der Waals surface area contributed by atoms with Gasteiger partial charge < -0.3 is 15.2 Å². The molecule has 2 rings (SSSR count). The van der Waals surface area contributed by atoms with Gasteiger partial charge in [0.05, 0.1) is 5.71 Å². The van der Waals surface area contributed by atoms with Crippen molar-refractivity contribution in [2.45, 2.75) is 13.0 Å². The summed E-state index contributed by atoms with van der Waals surface area (Å²) in [4.78, 5) is 0. The largest absolute Gasteiger partial charge is 0.485 e. The van der Waals surface area contributed by atoms with Crippen LogP contribution < -0.4 is 20.6 Å². The monoisotopic (exact) mass is 251 g/mol. The van der Waals surface area contributed by atoms with Gasteiger partial charge in [0, 0.05) is 0 Å². The number of thiocarbonyl (C=S) groups is 1. The van der Waals surface area contributed by atoms with Crippen molar-refractivity contribution in [3.8, 4) is 11.5 Å². The molecule has 1 aromatic carbocycles. The van der Waals surface area contributed by atoms with Crippen molar-refractivity contribution in [3.05, 3.63) is 24.3 Å². The normalized spacial score (nSPS) is 18.6. The number of fused-ring (bicyclic) bond motifs is 1. The van der Waals surface area contributed by atoms with Crippen LogP contribution in [0.3, 0.4) is 0 Å². The highest BCUT2D eigenvalue weighted by Gasteiger charge is 2.22. The molecule has 1 unspecified atom stereocenters. The van der Waals surface area contributed by atoms with Crippen LogP contribution in [0.5, 0.6) is 11.5 Å². The average Bonchev–Trinajstić information content (AvgIpc) is 2.35. The van der Waals surface area contributed by atoms with Gasteiger partial charge >= 0.3 is 0 Å². The van der Waals surface area contributed by atoms with Crippen LogP contribution in [-0.2, 0) is 0 Å². The molecule has 1 atom stereocenters. The van der Waals surface area contributed by atoms with E-state index in [4.69, 9.17) is 15.2 Å². The van der Waals surface area contributed by atoms with Gasteiger partial charge in [-0.1, -0.05) is 12.1 Å². The van der Waals surface area contributed by atoms with E-state index >= 15 is 0 Å². The number of benzene rings is 1. The lowest BCUT2D eigenvalue weighted by atomic mass is 10.2. The van der Waals surface area contributed by atoms with E-state index in [1.807, 2.05) is 31.2 Å². The first kappa shape index (κ1) is 11.7. The molecule has 1 aliphatic heterocycles. The van der Waals surface area contributed by atoms with Crippen molar-refractivity contribution in [1.82, 2.24) is 5.43 Å². The van der Waals surface area contributed by atoms with E-state index in [2.05, 4.69) is 22.7 Å². The molecule has 17 heavy (non-hydrogen) atoms. The number of hydrazone groups is 1. The number of nitrogens with two attached hydrogens (primary N) is 1. The topological polar surface area (TPSA) is 68.9 Å². The van der Waals surface area contributed by atoms with E-state index in [1.165, 1.54) is 0 Å². The van der Waals surface area contributed by atoms with Crippen LogP contribution in [0.2, 0.25) is 0 Å². The average molecular weight is 251 g/mol. The minimum Gasteiger partial charge on any atom is -0.485 e. The molecule has 0 fully saturated rings. The van der Waals surface area contributed by atoms with Crippen molar-refractivity contribution in [1.29, 1.82) is 0 Å². The lowest BCUT2D eigenvalue weighted by molar-refractivity contribution is 0.134. The van der Waals surface area contributed by atoms with Gasteiger partial charge in [-0.15, -0.1) is 0 Å². The Hall–Kier alpha value is -1.82. The molecule has 0 aromatic heterocycles. The van der Waals surface area contributed by atoms with Crippen LogP contribution in [0, 0.1) is 0 Å². The zero-order chi connectivity index (χ0) is 12.3. The third-order valence-electron chi connectivity index (χ3n) is 2.32. The Bertz CT molecular complexity index is 462. The first-order chi connectivity index (χ1) is 8.16. The molecule has 90 valence electrons. The minimum atomic E-state index is -0.230. The first-order valence-electron chi connectivity index (χ1n) is 5.15. The van der Waals surface area contributed by atoms with Crippen LogP contribution in [0.15, 0.2) is 29.4 Å². The predicted octanol–water partition coefficient (Wildman–Crippen LogP) is 1.04. The van der Waals surface area contributed by atoms with Crippen molar-refractivity contribution in [2.24, 2.45) is 10.8 Å². The maximum Gasteiger partial charge on any atom is 0.184 e. The molecule has 0 saturated carbocycles. The molecule has 1 heterocycles. The van der Waals surface area contributed by atoms with Crippen molar-refractivity contribution in [3.63, 3.8) is 0 Å². The summed E-state index contributed by atoms with van der Waals surface area (Å²) < 4.78 is 11.3. The van der Waals surface area contributed by atoms with Gasteiger partial charge in [0.2, 0.25) is 0 Å². The summed E-state index contributed by atoms with van der Waals surface area (Å²) in [6.45, 7) is 2.25. The summed E-state index contributed by atoms with van der Waals surface area (Å²) in [6, 6.07) is 7.52. The highest BCUT2D eigenvalue weighted by atomic mass is 32.1. The summed E-state index contributed by atoms with van der Waals surface area (Å²) in [5, 5.41) is 4.14. The summed E-state index contributed by atoms with van der Waals surface area (Å²) in [5.74, 6) is 1.47. The predicted molar refractivity (Wildman–Crippen MR) is 69.4 cm³/mol. The molecule has 3 N–H and O–H groups in total. The van der Waals surface area contributed by atoms with E-state index in [-0.39, 0.29) is 11.2 Å². The van der Waals surface area contributed by atoms with Crippen molar-refractivity contribution >= 4 is 23.0 Å². The minimum absolute atomic E-state index is 0.126. The number of nitrogens with zero attached hydrogens (tertiary/aromatic N) is 1. The Balaban J connectivity index is 2.07. The van der Waals surface area contributed by atoms with E-state index in [0.29, 0.717) is 12.4 Å². The zero-order valence-corrected chi connectivity index (χ0v) is 10.2. The molecule has 0 radical (unpaired) electrons. The van der Waals surface area contributed by atoms with Gasteiger partial charge in [-0.05, 0) is 31.3 Å². The second-order valence-corrected chi connectivity index (χ2v) is 4.03. The molecule has 1 aliphatic rings. The SMILES string of the molecule is CC(=NNC(N)=S)C1COc2ccccc2O1. The Labute approximate surface area is 105 Å². The van der Waals surface area contributed by atoms with Crippen LogP contribution in [0.1, 0.15) is 6.92 Å². The molecule has 6 heteroatoms. The van der Waals surface area contributed by atoms with Gasteiger partial charge in [-0.3, -0.25) is 5.43 Å². The van der Waals surface area contributed by atoms with Crippen LogP contribution in [-0.4, -0.2) is 23.5 Å². The molecule has 0 aliphatic carbocycles. The summed E-state index contributed by atoms with van der Waals surface area (Å²) in [6.07, 6.45) is -0.230. The van der Waals surface area contributed by atoms with E-state index in [0.717, 1.165) is 11.5 Å². The summed E-state index contributed by atoms with van der Waals surface area (Å²) in [7, 11) is 0. The zero-order valence-electron chi connectivity index (χ0n) is 9.34. The quantitative estimate of drug-likeness (QED) is 0.467. The molecule has 1 aromatic rings. The van der Waals surface area contributed by atoms with Crippen molar-refractivity contribution in [2.75, 3.05) is 6.61 Å². The van der Waals surface area contributed by atoms with Crippen LogP contribution in [0.25, 0.3) is 0 Å². The highest BCUT2D eigenvalue weighted by molar-refractivity contribution is 7.80. The second-order valence-electron chi connectivity index (χ2n) is 3.59. The number of hydrogen-bond donors (Lipinski definition) is 2. The molecular formula is C11H13N3O2S. The number of hydrogen-bond acceptors (Lipinski definition) is 4. The van der Waals surface area contributed by atoms with Crippen molar-refractivity contribution < 1.29 is 9.47 Å². The fourth-order valence-corrected chi connectivity index (χ4v) is 1.49. The Morgan fingerprint density at radius 3 is 2.88 bits per heavy atom. The third kappa shape index (κ3) is 2.85. The third-order valence-corrected chi connectivity index (χ3v) is 2.41.